The number of aryl methyl sites for hydroxylation is 2. The third-order valence-corrected chi connectivity index (χ3v) is 14.1. The molecule has 0 unspecified atom stereocenters. The summed E-state index contributed by atoms with van der Waals surface area (Å²) in [5.41, 5.74) is 11.2. The normalized spacial score (nSPS) is 11.4. The molecule has 14 aromatic rings. The van der Waals surface area contributed by atoms with E-state index < -0.39 is 0 Å². The van der Waals surface area contributed by atoms with Crippen LogP contribution in [0.5, 0.6) is 0 Å². The van der Waals surface area contributed by atoms with Gasteiger partial charge in [-0.1, -0.05) is 182 Å². The predicted octanol–water partition coefficient (Wildman–Crippen LogP) is 14.6. The second-order valence-corrected chi connectivity index (χ2v) is 19.0. The molecule has 0 aliphatic rings. The maximum absolute atomic E-state index is 11.2. The Labute approximate surface area is 447 Å². The number of nitrogens with zero attached hydrogens (tertiary/aromatic N) is 12. The number of hydrogen-bond acceptors (Lipinski definition) is 10. The van der Waals surface area contributed by atoms with E-state index in [9.17, 15) is 5.26 Å². The summed E-state index contributed by atoms with van der Waals surface area (Å²) in [6, 6.07) is 75.7. The van der Waals surface area contributed by atoms with Crippen molar-refractivity contribution in [3.05, 3.63) is 236 Å². The molecule has 0 fully saturated rings. The Morgan fingerprint density at radius 1 is 0.295 bits per heavy atom. The Morgan fingerprint density at radius 2 is 0.615 bits per heavy atom. The minimum atomic E-state index is 0.436. The van der Waals surface area contributed by atoms with E-state index in [1.807, 2.05) is 159 Å². The Kier molecular flexibility index (Phi) is 11.0. The molecule has 366 valence electrons. The molecule has 9 aromatic carbocycles. The SMILES string of the molecule is Cc1nc(C)nc(-c2c(-n3c4ccccc4c4ccc(-c5nc(-c6ccccc6)nc(-c6ccccc6)n5)cc43)cc(C#N)cc2-n2c3ccccc3c3ccc(-c4nc(-c5ccccc5)nc(-c5ccccc5)n4)cc32)n1. The smallest absolute Gasteiger partial charge is 0.167 e. The summed E-state index contributed by atoms with van der Waals surface area (Å²) in [7, 11) is 0. The topological polar surface area (TPSA) is 150 Å². The van der Waals surface area contributed by atoms with Crippen LogP contribution < -0.4 is 0 Å². The Hall–Kier alpha value is -10.9. The molecule has 78 heavy (non-hydrogen) atoms. The number of nitriles is 1. The molecule has 5 aromatic heterocycles. The maximum atomic E-state index is 11.2. The average Bonchev–Trinajstić information content (AvgIpc) is 4.15. The fourth-order valence-corrected chi connectivity index (χ4v) is 10.6. The van der Waals surface area contributed by atoms with Gasteiger partial charge in [0.05, 0.1) is 50.6 Å². The van der Waals surface area contributed by atoms with Crippen LogP contribution >= 0.6 is 0 Å². The third kappa shape index (κ3) is 7.98. The highest BCUT2D eigenvalue weighted by molar-refractivity contribution is 6.13. The van der Waals surface area contributed by atoms with Crippen molar-refractivity contribution >= 4 is 43.6 Å². The number of benzene rings is 9. The maximum Gasteiger partial charge on any atom is 0.167 e. The molecular weight excluding hydrogens is 961 g/mol. The average molecular weight is 1000 g/mol. The molecule has 0 N–H and O–H groups in total. The first-order valence-electron chi connectivity index (χ1n) is 25.5. The van der Waals surface area contributed by atoms with Crippen LogP contribution in [0, 0.1) is 25.2 Å². The summed E-state index contributed by atoms with van der Waals surface area (Å²) in [6.07, 6.45) is 0. The lowest BCUT2D eigenvalue weighted by atomic mass is 10.0. The molecule has 5 heterocycles. The summed E-state index contributed by atoms with van der Waals surface area (Å²) in [6.45, 7) is 3.76. The van der Waals surface area contributed by atoms with Gasteiger partial charge < -0.3 is 9.13 Å². The van der Waals surface area contributed by atoms with Crippen LogP contribution in [-0.4, -0.2) is 54.0 Å². The molecule has 0 amide bonds. The summed E-state index contributed by atoms with van der Waals surface area (Å²) in [5.74, 6) is 4.85. The lowest BCUT2D eigenvalue weighted by Gasteiger charge is -2.20. The molecule has 12 nitrogen and oxygen atoms in total. The summed E-state index contributed by atoms with van der Waals surface area (Å²) in [4.78, 5) is 45.4. The molecule has 14 rings (SSSR count). The van der Waals surface area contributed by atoms with E-state index in [-0.39, 0.29) is 0 Å². The highest BCUT2D eigenvalue weighted by Gasteiger charge is 2.26. The molecule has 0 aliphatic heterocycles. The van der Waals surface area contributed by atoms with E-state index >= 15 is 0 Å². The lowest BCUT2D eigenvalue weighted by molar-refractivity contribution is 0.924. The van der Waals surface area contributed by atoms with Crippen LogP contribution in [0.1, 0.15) is 17.2 Å². The van der Waals surface area contributed by atoms with E-state index in [4.69, 9.17) is 39.9 Å². The Balaban J connectivity index is 1.05. The van der Waals surface area contributed by atoms with E-state index in [1.54, 1.807) is 0 Å². The molecule has 0 aliphatic carbocycles. The van der Waals surface area contributed by atoms with Gasteiger partial charge in [0.15, 0.2) is 40.8 Å². The van der Waals surface area contributed by atoms with Crippen LogP contribution in [0.15, 0.2) is 218 Å². The van der Waals surface area contributed by atoms with Crippen molar-refractivity contribution in [2.75, 3.05) is 0 Å². The second kappa shape index (κ2) is 18.8. The predicted molar refractivity (Wildman–Crippen MR) is 308 cm³/mol. The van der Waals surface area contributed by atoms with Gasteiger partial charge in [0, 0.05) is 54.9 Å². The fourth-order valence-electron chi connectivity index (χ4n) is 10.6. The van der Waals surface area contributed by atoms with Crippen molar-refractivity contribution in [3.8, 4) is 97.2 Å². The quantitative estimate of drug-likeness (QED) is 0.137. The van der Waals surface area contributed by atoms with Gasteiger partial charge in [-0.3, -0.25) is 0 Å². The van der Waals surface area contributed by atoms with Crippen LogP contribution in [-0.2, 0) is 0 Å². The molecule has 0 spiro atoms. The van der Waals surface area contributed by atoms with Gasteiger partial charge in [0.2, 0.25) is 0 Å². The molecule has 0 saturated carbocycles. The van der Waals surface area contributed by atoms with E-state index in [1.165, 1.54) is 0 Å². The van der Waals surface area contributed by atoms with Crippen molar-refractivity contribution in [3.63, 3.8) is 0 Å². The van der Waals surface area contributed by atoms with Gasteiger partial charge in [0.25, 0.3) is 0 Å². The van der Waals surface area contributed by atoms with Gasteiger partial charge in [-0.2, -0.15) is 5.26 Å². The monoisotopic (exact) mass is 1000 g/mol. The largest absolute Gasteiger partial charge is 0.308 e. The summed E-state index contributed by atoms with van der Waals surface area (Å²) < 4.78 is 4.44. The van der Waals surface area contributed by atoms with Gasteiger partial charge >= 0.3 is 0 Å². The van der Waals surface area contributed by atoms with E-state index in [0.717, 1.165) is 77.0 Å². The third-order valence-electron chi connectivity index (χ3n) is 14.1. The summed E-state index contributed by atoms with van der Waals surface area (Å²) >= 11 is 0. The molecule has 12 heteroatoms. The first-order valence-corrected chi connectivity index (χ1v) is 25.5. The molecule has 0 saturated heterocycles. The van der Waals surface area contributed by atoms with Crippen molar-refractivity contribution in [1.29, 1.82) is 5.26 Å². The number of fused-ring (bicyclic) bond motifs is 6. The zero-order chi connectivity index (χ0) is 52.3. The Morgan fingerprint density at radius 3 is 0.974 bits per heavy atom. The van der Waals surface area contributed by atoms with Crippen LogP contribution in [0.25, 0.3) is 135 Å². The standard InChI is InChI=1S/C66H42N12/c1-40-68-41(2)70-66(69-40)59-57(77-53-29-17-15-27-49(53)51-33-31-47(37-55(51)77)64-73-60(43-19-7-3-8-20-43)71-61(74-64)44-21-9-4-10-22-44)35-42(39-67)36-58(59)78-54-30-18-16-28-50(54)52-34-32-48(38-56(52)78)65-75-62(45-23-11-5-12-24-45)72-63(76-65)46-25-13-6-14-26-46/h3-38H,1-2H3. The lowest BCUT2D eigenvalue weighted by Crippen LogP contribution is -2.08. The van der Waals surface area contributed by atoms with Crippen molar-refractivity contribution in [2.24, 2.45) is 0 Å². The number of rotatable bonds is 9. The van der Waals surface area contributed by atoms with Crippen LogP contribution in [0.2, 0.25) is 0 Å². The van der Waals surface area contributed by atoms with Crippen LogP contribution in [0.3, 0.4) is 0 Å². The first-order chi connectivity index (χ1) is 38.4. The zero-order valence-electron chi connectivity index (χ0n) is 42.2. The van der Waals surface area contributed by atoms with E-state index in [2.05, 4.69) is 93.0 Å². The van der Waals surface area contributed by atoms with Gasteiger partial charge in [0.1, 0.15) is 11.6 Å². The molecule has 0 atom stereocenters. The second-order valence-electron chi connectivity index (χ2n) is 19.0. The van der Waals surface area contributed by atoms with Gasteiger partial charge in [-0.25, -0.2) is 44.9 Å². The molecular formula is C66H42N12. The van der Waals surface area contributed by atoms with Crippen molar-refractivity contribution < 1.29 is 0 Å². The van der Waals surface area contributed by atoms with E-state index in [0.29, 0.717) is 74.9 Å². The highest BCUT2D eigenvalue weighted by Crippen LogP contribution is 2.43. The number of para-hydroxylation sites is 2. The fraction of sp³-hybridized carbons (Fsp3) is 0.0303. The van der Waals surface area contributed by atoms with Gasteiger partial charge in [-0.05, 0) is 50.2 Å². The highest BCUT2D eigenvalue weighted by atomic mass is 15.1. The molecule has 0 radical (unpaired) electrons. The minimum Gasteiger partial charge on any atom is -0.308 e. The first kappa shape index (κ1) is 45.7. The van der Waals surface area contributed by atoms with Crippen molar-refractivity contribution in [1.82, 2.24) is 54.0 Å². The van der Waals surface area contributed by atoms with Gasteiger partial charge in [-0.15, -0.1) is 0 Å². The molecule has 0 bridgehead atoms. The number of hydrogen-bond donors (Lipinski definition) is 0. The Bertz CT molecular complexity index is 4300. The van der Waals surface area contributed by atoms with Crippen LogP contribution in [0.4, 0.5) is 0 Å². The zero-order valence-corrected chi connectivity index (χ0v) is 42.2. The van der Waals surface area contributed by atoms with Crippen molar-refractivity contribution in [2.45, 2.75) is 13.8 Å². The summed E-state index contributed by atoms with van der Waals surface area (Å²) in [5, 5.41) is 15.2. The minimum absolute atomic E-state index is 0.436. The number of aromatic nitrogens is 11.